The van der Waals surface area contributed by atoms with Gasteiger partial charge in [0.05, 0.1) is 0 Å². The molecule has 1 aromatic rings. The maximum absolute atomic E-state index is 12.5. The van der Waals surface area contributed by atoms with Crippen molar-refractivity contribution in [3.8, 4) is 0 Å². The first-order valence-electron chi connectivity index (χ1n) is 6.65. The molecule has 0 aromatic heterocycles. The standard InChI is InChI=1S/C15H23BrN2O/c1-10(2)8-18(9-11(3)4)15(19)12-5-6-13(16)14(17)7-12/h5-7,10-11H,8-9,17H2,1-4H3. The molecular formula is C15H23BrN2O. The van der Waals surface area contributed by atoms with Gasteiger partial charge in [-0.25, -0.2) is 0 Å². The van der Waals surface area contributed by atoms with Crippen molar-refractivity contribution in [2.45, 2.75) is 27.7 Å². The maximum atomic E-state index is 12.5. The molecule has 106 valence electrons. The second-order valence-corrected chi connectivity index (χ2v) is 6.59. The Morgan fingerprint density at radius 2 is 1.74 bits per heavy atom. The summed E-state index contributed by atoms with van der Waals surface area (Å²) in [6, 6.07) is 5.38. The number of hydrogen-bond acceptors (Lipinski definition) is 2. The third-order valence-corrected chi connectivity index (χ3v) is 3.42. The number of nitrogen functional groups attached to an aromatic ring is 1. The normalized spacial score (nSPS) is 11.1. The number of carbonyl (C=O) groups is 1. The molecule has 0 unspecified atom stereocenters. The fraction of sp³-hybridized carbons (Fsp3) is 0.533. The quantitative estimate of drug-likeness (QED) is 0.837. The molecule has 1 amide bonds. The largest absolute Gasteiger partial charge is 0.398 e. The molecule has 0 spiro atoms. The summed E-state index contributed by atoms with van der Waals surface area (Å²) >= 11 is 3.35. The van der Waals surface area contributed by atoms with E-state index < -0.39 is 0 Å². The molecule has 0 fully saturated rings. The van der Waals surface area contributed by atoms with Crippen molar-refractivity contribution in [3.63, 3.8) is 0 Å². The van der Waals surface area contributed by atoms with Crippen molar-refractivity contribution in [2.75, 3.05) is 18.8 Å². The van der Waals surface area contributed by atoms with Crippen LogP contribution in [0.25, 0.3) is 0 Å². The lowest BCUT2D eigenvalue weighted by Gasteiger charge is -2.26. The van der Waals surface area contributed by atoms with Crippen molar-refractivity contribution in [1.29, 1.82) is 0 Å². The number of nitrogens with two attached hydrogens (primary N) is 1. The van der Waals surface area contributed by atoms with Gasteiger partial charge in [-0.05, 0) is 46.0 Å². The van der Waals surface area contributed by atoms with E-state index in [0.29, 0.717) is 23.1 Å². The van der Waals surface area contributed by atoms with E-state index in [1.54, 1.807) is 6.07 Å². The van der Waals surface area contributed by atoms with E-state index in [-0.39, 0.29) is 5.91 Å². The minimum absolute atomic E-state index is 0.0570. The molecule has 0 radical (unpaired) electrons. The van der Waals surface area contributed by atoms with E-state index >= 15 is 0 Å². The predicted molar refractivity (Wildman–Crippen MR) is 84.1 cm³/mol. The number of benzene rings is 1. The molecule has 1 rings (SSSR count). The number of anilines is 1. The van der Waals surface area contributed by atoms with Gasteiger partial charge >= 0.3 is 0 Å². The Morgan fingerprint density at radius 1 is 1.21 bits per heavy atom. The Labute approximate surface area is 124 Å². The Kier molecular flexibility index (Phi) is 5.85. The Morgan fingerprint density at radius 3 is 2.16 bits per heavy atom. The summed E-state index contributed by atoms with van der Waals surface area (Å²) in [5.41, 5.74) is 7.10. The summed E-state index contributed by atoms with van der Waals surface area (Å²) in [5.74, 6) is 0.965. The van der Waals surface area contributed by atoms with Crippen LogP contribution < -0.4 is 5.73 Å². The van der Waals surface area contributed by atoms with Crippen LogP contribution in [0.3, 0.4) is 0 Å². The average molecular weight is 327 g/mol. The van der Waals surface area contributed by atoms with E-state index in [1.807, 2.05) is 17.0 Å². The molecule has 3 nitrogen and oxygen atoms in total. The molecule has 0 aliphatic carbocycles. The molecule has 0 atom stereocenters. The van der Waals surface area contributed by atoms with Crippen molar-refractivity contribution in [3.05, 3.63) is 28.2 Å². The fourth-order valence-electron chi connectivity index (χ4n) is 1.98. The first-order chi connectivity index (χ1) is 8.81. The van der Waals surface area contributed by atoms with Crippen molar-refractivity contribution in [1.82, 2.24) is 4.90 Å². The molecule has 0 aliphatic heterocycles. The molecule has 19 heavy (non-hydrogen) atoms. The van der Waals surface area contributed by atoms with Crippen LogP contribution in [0.4, 0.5) is 5.69 Å². The zero-order valence-electron chi connectivity index (χ0n) is 12.1. The van der Waals surface area contributed by atoms with Crippen LogP contribution in [-0.2, 0) is 0 Å². The highest BCUT2D eigenvalue weighted by Crippen LogP contribution is 2.21. The highest BCUT2D eigenvalue weighted by molar-refractivity contribution is 9.10. The zero-order valence-corrected chi connectivity index (χ0v) is 13.7. The van der Waals surface area contributed by atoms with Crippen LogP contribution in [0.5, 0.6) is 0 Å². The van der Waals surface area contributed by atoms with Gasteiger partial charge in [-0.3, -0.25) is 4.79 Å². The Bertz CT molecular complexity index is 434. The lowest BCUT2D eigenvalue weighted by molar-refractivity contribution is 0.0715. The van der Waals surface area contributed by atoms with Gasteiger partial charge in [0.1, 0.15) is 0 Å². The minimum atomic E-state index is 0.0570. The minimum Gasteiger partial charge on any atom is -0.398 e. The van der Waals surface area contributed by atoms with Gasteiger partial charge in [0.15, 0.2) is 0 Å². The van der Waals surface area contributed by atoms with Gasteiger partial charge in [-0.1, -0.05) is 27.7 Å². The van der Waals surface area contributed by atoms with Crippen LogP contribution in [-0.4, -0.2) is 23.9 Å². The SMILES string of the molecule is CC(C)CN(CC(C)C)C(=O)c1ccc(Br)c(N)c1. The lowest BCUT2D eigenvalue weighted by Crippen LogP contribution is -2.37. The molecule has 4 heteroatoms. The number of nitrogens with zero attached hydrogens (tertiary/aromatic N) is 1. The third-order valence-electron chi connectivity index (χ3n) is 2.70. The number of amides is 1. The Hall–Kier alpha value is -1.03. The smallest absolute Gasteiger partial charge is 0.253 e. The summed E-state index contributed by atoms with van der Waals surface area (Å²) in [5, 5.41) is 0. The van der Waals surface area contributed by atoms with E-state index in [9.17, 15) is 4.79 Å². The molecular weight excluding hydrogens is 304 g/mol. The van der Waals surface area contributed by atoms with E-state index in [4.69, 9.17) is 5.73 Å². The zero-order chi connectivity index (χ0) is 14.6. The molecule has 2 N–H and O–H groups in total. The van der Waals surface area contributed by atoms with Gasteiger partial charge in [-0.2, -0.15) is 0 Å². The van der Waals surface area contributed by atoms with Crippen LogP contribution in [0.1, 0.15) is 38.1 Å². The highest BCUT2D eigenvalue weighted by Gasteiger charge is 2.18. The van der Waals surface area contributed by atoms with Crippen molar-refractivity contribution >= 4 is 27.5 Å². The second kappa shape index (κ2) is 6.94. The van der Waals surface area contributed by atoms with Crippen molar-refractivity contribution < 1.29 is 4.79 Å². The number of rotatable bonds is 5. The first-order valence-corrected chi connectivity index (χ1v) is 7.44. The molecule has 0 heterocycles. The van der Waals surface area contributed by atoms with Gasteiger partial charge < -0.3 is 10.6 Å². The predicted octanol–water partition coefficient (Wildman–Crippen LogP) is 3.79. The lowest BCUT2D eigenvalue weighted by atomic mass is 10.1. The fourth-order valence-corrected chi connectivity index (χ4v) is 2.23. The highest BCUT2D eigenvalue weighted by atomic mass is 79.9. The first kappa shape index (κ1) is 16.0. The monoisotopic (exact) mass is 326 g/mol. The summed E-state index contributed by atoms with van der Waals surface area (Å²) in [6.45, 7) is 10.0. The van der Waals surface area contributed by atoms with E-state index in [0.717, 1.165) is 17.6 Å². The van der Waals surface area contributed by atoms with Crippen LogP contribution in [0, 0.1) is 11.8 Å². The number of halogens is 1. The van der Waals surface area contributed by atoms with Gasteiger partial charge in [0, 0.05) is 28.8 Å². The van der Waals surface area contributed by atoms with Gasteiger partial charge in [0.2, 0.25) is 0 Å². The molecule has 0 bridgehead atoms. The second-order valence-electron chi connectivity index (χ2n) is 5.73. The maximum Gasteiger partial charge on any atom is 0.253 e. The van der Waals surface area contributed by atoms with Crippen LogP contribution >= 0.6 is 15.9 Å². The van der Waals surface area contributed by atoms with Crippen LogP contribution in [0.2, 0.25) is 0 Å². The average Bonchev–Trinajstić information content (AvgIpc) is 2.29. The molecule has 0 saturated heterocycles. The summed E-state index contributed by atoms with van der Waals surface area (Å²) in [4.78, 5) is 14.4. The van der Waals surface area contributed by atoms with Gasteiger partial charge in [-0.15, -0.1) is 0 Å². The van der Waals surface area contributed by atoms with Crippen LogP contribution in [0.15, 0.2) is 22.7 Å². The summed E-state index contributed by atoms with van der Waals surface area (Å²) < 4.78 is 0.823. The number of hydrogen-bond donors (Lipinski definition) is 1. The van der Waals surface area contributed by atoms with Gasteiger partial charge in [0.25, 0.3) is 5.91 Å². The van der Waals surface area contributed by atoms with Crippen molar-refractivity contribution in [2.24, 2.45) is 11.8 Å². The number of carbonyl (C=O) groups excluding carboxylic acids is 1. The molecule has 1 aromatic carbocycles. The third kappa shape index (κ3) is 4.86. The van der Waals surface area contributed by atoms with E-state index in [2.05, 4.69) is 43.6 Å². The molecule has 0 saturated carbocycles. The van der Waals surface area contributed by atoms with E-state index in [1.165, 1.54) is 0 Å². The topological polar surface area (TPSA) is 46.3 Å². The Balaban J connectivity index is 2.94. The summed E-state index contributed by atoms with van der Waals surface area (Å²) in [7, 11) is 0. The molecule has 0 aliphatic rings. The summed E-state index contributed by atoms with van der Waals surface area (Å²) in [6.07, 6.45) is 0.